The normalized spacial score (nSPS) is 9.70. The van der Waals surface area contributed by atoms with E-state index in [-0.39, 0.29) is 11.7 Å². The number of amides is 2. The quantitative estimate of drug-likeness (QED) is 0.571. The standard InChI is InChI=1S/C12H14ClN3O3S/c1-2-19-7-10(17)15-16-12(20)14-11(18)8-4-3-5-9(13)6-8/h3-6H,2,7H2,1H3,(H,15,17)(H2,14,16,18,20). The van der Waals surface area contributed by atoms with Gasteiger partial charge in [-0.05, 0) is 37.3 Å². The summed E-state index contributed by atoms with van der Waals surface area (Å²) in [6.07, 6.45) is 0. The lowest BCUT2D eigenvalue weighted by molar-refractivity contribution is -0.126. The molecule has 1 aromatic rings. The molecule has 0 bridgehead atoms. The zero-order chi connectivity index (χ0) is 15.0. The summed E-state index contributed by atoms with van der Waals surface area (Å²) in [7, 11) is 0. The molecule has 0 heterocycles. The number of hydrogen-bond donors (Lipinski definition) is 3. The van der Waals surface area contributed by atoms with E-state index < -0.39 is 11.8 Å². The molecule has 1 aromatic carbocycles. The molecule has 2 amide bonds. The summed E-state index contributed by atoms with van der Waals surface area (Å²) < 4.78 is 4.89. The van der Waals surface area contributed by atoms with E-state index in [1.54, 1.807) is 25.1 Å². The second-order valence-corrected chi connectivity index (χ2v) is 4.45. The first-order valence-electron chi connectivity index (χ1n) is 5.76. The zero-order valence-electron chi connectivity index (χ0n) is 10.7. The lowest BCUT2D eigenvalue weighted by atomic mass is 10.2. The Hall–Kier alpha value is -1.70. The van der Waals surface area contributed by atoms with Crippen LogP contribution in [0.25, 0.3) is 0 Å². The van der Waals surface area contributed by atoms with Crippen LogP contribution >= 0.6 is 23.8 Å². The maximum absolute atomic E-state index is 11.8. The van der Waals surface area contributed by atoms with Gasteiger partial charge in [-0.3, -0.25) is 25.8 Å². The van der Waals surface area contributed by atoms with Crippen molar-refractivity contribution in [3.8, 4) is 0 Å². The van der Waals surface area contributed by atoms with Crippen LogP contribution < -0.4 is 16.2 Å². The third kappa shape index (κ3) is 5.96. The van der Waals surface area contributed by atoms with Crippen molar-refractivity contribution in [1.29, 1.82) is 0 Å². The molecule has 8 heteroatoms. The molecule has 0 aliphatic carbocycles. The van der Waals surface area contributed by atoms with Gasteiger partial charge in [-0.25, -0.2) is 0 Å². The molecule has 6 nitrogen and oxygen atoms in total. The summed E-state index contributed by atoms with van der Waals surface area (Å²) in [4.78, 5) is 23.0. The van der Waals surface area contributed by atoms with Gasteiger partial charge in [-0.2, -0.15) is 0 Å². The number of thiocarbonyl (C=S) groups is 1. The fourth-order valence-electron chi connectivity index (χ4n) is 1.19. The van der Waals surface area contributed by atoms with Gasteiger partial charge in [-0.15, -0.1) is 0 Å². The van der Waals surface area contributed by atoms with E-state index in [2.05, 4.69) is 16.2 Å². The Morgan fingerprint density at radius 2 is 2.10 bits per heavy atom. The summed E-state index contributed by atoms with van der Waals surface area (Å²) in [6, 6.07) is 6.41. The highest BCUT2D eigenvalue weighted by Gasteiger charge is 2.08. The van der Waals surface area contributed by atoms with E-state index >= 15 is 0 Å². The van der Waals surface area contributed by atoms with E-state index in [0.717, 1.165) is 0 Å². The van der Waals surface area contributed by atoms with Crippen LogP contribution in [-0.2, 0) is 9.53 Å². The fourth-order valence-corrected chi connectivity index (χ4v) is 1.53. The third-order valence-electron chi connectivity index (χ3n) is 2.07. The van der Waals surface area contributed by atoms with Gasteiger partial charge in [0, 0.05) is 17.2 Å². The van der Waals surface area contributed by atoms with Crippen molar-refractivity contribution in [1.82, 2.24) is 16.2 Å². The summed E-state index contributed by atoms with van der Waals surface area (Å²) in [6.45, 7) is 2.12. The lowest BCUT2D eigenvalue weighted by Gasteiger charge is -2.10. The molecule has 0 aliphatic rings. The Balaban J connectivity index is 2.39. The van der Waals surface area contributed by atoms with Gasteiger partial charge in [0.15, 0.2) is 5.11 Å². The average molecular weight is 316 g/mol. The molecule has 0 saturated carbocycles. The molecule has 0 radical (unpaired) electrons. The van der Waals surface area contributed by atoms with Crippen molar-refractivity contribution in [3.63, 3.8) is 0 Å². The van der Waals surface area contributed by atoms with Crippen molar-refractivity contribution in [2.45, 2.75) is 6.92 Å². The van der Waals surface area contributed by atoms with Crippen LogP contribution in [-0.4, -0.2) is 30.1 Å². The van der Waals surface area contributed by atoms with Gasteiger partial charge in [0.2, 0.25) is 0 Å². The number of hydrazine groups is 1. The number of halogens is 1. The van der Waals surface area contributed by atoms with Gasteiger partial charge in [-0.1, -0.05) is 17.7 Å². The van der Waals surface area contributed by atoms with Crippen LogP contribution in [0.1, 0.15) is 17.3 Å². The van der Waals surface area contributed by atoms with Crippen molar-refractivity contribution in [3.05, 3.63) is 34.9 Å². The maximum Gasteiger partial charge on any atom is 0.264 e. The largest absolute Gasteiger partial charge is 0.372 e. The molecule has 0 aliphatic heterocycles. The molecule has 108 valence electrons. The summed E-state index contributed by atoms with van der Waals surface area (Å²) in [5.41, 5.74) is 5.05. The highest BCUT2D eigenvalue weighted by Crippen LogP contribution is 2.10. The minimum Gasteiger partial charge on any atom is -0.372 e. The number of ether oxygens (including phenoxy) is 1. The van der Waals surface area contributed by atoms with E-state index in [0.29, 0.717) is 17.2 Å². The molecule has 0 atom stereocenters. The first-order chi connectivity index (χ1) is 9.52. The number of rotatable bonds is 4. The van der Waals surface area contributed by atoms with Crippen LogP contribution in [0.15, 0.2) is 24.3 Å². The molecule has 0 spiro atoms. The maximum atomic E-state index is 11.8. The second kappa shape index (κ2) is 8.47. The van der Waals surface area contributed by atoms with Gasteiger partial charge in [0.25, 0.3) is 11.8 Å². The van der Waals surface area contributed by atoms with Crippen LogP contribution in [0.5, 0.6) is 0 Å². The Morgan fingerprint density at radius 3 is 2.75 bits per heavy atom. The molecule has 20 heavy (non-hydrogen) atoms. The van der Waals surface area contributed by atoms with Crippen LogP contribution in [0.4, 0.5) is 0 Å². The van der Waals surface area contributed by atoms with E-state index in [9.17, 15) is 9.59 Å². The van der Waals surface area contributed by atoms with Crippen LogP contribution in [0.2, 0.25) is 5.02 Å². The third-order valence-corrected chi connectivity index (χ3v) is 2.51. The van der Waals surface area contributed by atoms with Gasteiger partial charge < -0.3 is 4.74 Å². The first-order valence-corrected chi connectivity index (χ1v) is 6.55. The molecule has 0 unspecified atom stereocenters. The SMILES string of the molecule is CCOCC(=O)NNC(=S)NC(=O)c1cccc(Cl)c1. The molecule has 0 saturated heterocycles. The monoisotopic (exact) mass is 315 g/mol. The average Bonchev–Trinajstić information content (AvgIpc) is 2.42. The highest BCUT2D eigenvalue weighted by atomic mass is 35.5. The number of carbonyl (C=O) groups excluding carboxylic acids is 2. The summed E-state index contributed by atoms with van der Waals surface area (Å²) in [5, 5.41) is 2.82. The second-order valence-electron chi connectivity index (χ2n) is 3.60. The van der Waals surface area contributed by atoms with Crippen molar-refractivity contribution >= 4 is 40.7 Å². The predicted molar refractivity (Wildman–Crippen MR) is 79.3 cm³/mol. The number of carbonyl (C=O) groups is 2. The predicted octanol–water partition coefficient (Wildman–Crippen LogP) is 1.01. The first kappa shape index (κ1) is 16.4. The minimum atomic E-state index is -0.427. The lowest BCUT2D eigenvalue weighted by Crippen LogP contribution is -2.49. The summed E-state index contributed by atoms with van der Waals surface area (Å²) in [5.74, 6) is -0.824. The molecule has 0 fully saturated rings. The van der Waals surface area contributed by atoms with Crippen LogP contribution in [0.3, 0.4) is 0 Å². The van der Waals surface area contributed by atoms with Crippen molar-refractivity contribution in [2.24, 2.45) is 0 Å². The number of nitrogens with one attached hydrogen (secondary N) is 3. The molecule has 0 aromatic heterocycles. The Morgan fingerprint density at radius 1 is 1.35 bits per heavy atom. The molecular formula is C12H14ClN3O3S. The fraction of sp³-hybridized carbons (Fsp3) is 0.250. The Kier molecular flexibility index (Phi) is 6.92. The number of benzene rings is 1. The Labute approximate surface area is 126 Å². The van der Waals surface area contributed by atoms with E-state index in [1.165, 1.54) is 6.07 Å². The topological polar surface area (TPSA) is 79.5 Å². The summed E-state index contributed by atoms with van der Waals surface area (Å²) >= 11 is 10.6. The Bertz CT molecular complexity index is 510. The molecule has 3 N–H and O–H groups in total. The molecular weight excluding hydrogens is 302 g/mol. The van der Waals surface area contributed by atoms with Crippen molar-refractivity contribution in [2.75, 3.05) is 13.2 Å². The van der Waals surface area contributed by atoms with Gasteiger partial charge >= 0.3 is 0 Å². The van der Waals surface area contributed by atoms with E-state index in [4.69, 9.17) is 28.6 Å². The van der Waals surface area contributed by atoms with Gasteiger partial charge in [0.05, 0.1) is 0 Å². The van der Waals surface area contributed by atoms with Crippen LogP contribution in [0, 0.1) is 0 Å². The van der Waals surface area contributed by atoms with Gasteiger partial charge in [0.1, 0.15) is 6.61 Å². The van der Waals surface area contributed by atoms with E-state index in [1.807, 2.05) is 0 Å². The number of hydrogen-bond acceptors (Lipinski definition) is 4. The molecule has 1 rings (SSSR count). The van der Waals surface area contributed by atoms with Crippen molar-refractivity contribution < 1.29 is 14.3 Å². The smallest absolute Gasteiger partial charge is 0.264 e. The highest BCUT2D eigenvalue weighted by molar-refractivity contribution is 7.80. The minimum absolute atomic E-state index is 0.0279. The zero-order valence-corrected chi connectivity index (χ0v) is 12.3.